The summed E-state index contributed by atoms with van der Waals surface area (Å²) < 4.78 is 5.40. The van der Waals surface area contributed by atoms with Crippen LogP contribution < -0.4 is 5.32 Å². The summed E-state index contributed by atoms with van der Waals surface area (Å²) in [7, 11) is 0. The predicted octanol–water partition coefficient (Wildman–Crippen LogP) is 5.36. The molecule has 0 radical (unpaired) electrons. The molecule has 2 amide bonds. The lowest BCUT2D eigenvalue weighted by atomic mass is 9.92. The van der Waals surface area contributed by atoms with E-state index >= 15 is 0 Å². The summed E-state index contributed by atoms with van der Waals surface area (Å²) in [6.45, 7) is 6.94. The highest BCUT2D eigenvalue weighted by molar-refractivity contribution is 6.42. The zero-order valence-electron chi connectivity index (χ0n) is 15.5. The molecule has 7 heteroatoms. The summed E-state index contributed by atoms with van der Waals surface area (Å²) >= 11 is 11.8. The molecule has 1 N–H and O–H groups in total. The highest BCUT2D eigenvalue weighted by Crippen LogP contribution is 2.26. The van der Waals surface area contributed by atoms with Crippen molar-refractivity contribution < 1.29 is 14.3 Å². The number of piperidine rings is 1. The highest BCUT2D eigenvalue weighted by atomic mass is 35.5. The van der Waals surface area contributed by atoms with Gasteiger partial charge >= 0.3 is 6.09 Å². The second kappa shape index (κ2) is 8.96. The Morgan fingerprint density at radius 3 is 2.42 bits per heavy atom. The van der Waals surface area contributed by atoms with Crippen molar-refractivity contribution in [1.29, 1.82) is 0 Å². The molecule has 1 aliphatic rings. The molecule has 0 bridgehead atoms. The van der Waals surface area contributed by atoms with Gasteiger partial charge in [-0.2, -0.15) is 0 Å². The van der Waals surface area contributed by atoms with E-state index in [0.717, 1.165) is 19.3 Å². The molecule has 0 spiro atoms. The normalized spacial score (nSPS) is 15.7. The minimum atomic E-state index is -0.476. The molecule has 0 aliphatic carbocycles. The maximum atomic E-state index is 12.1. The molecular weight excluding hydrogens is 375 g/mol. The monoisotopic (exact) mass is 400 g/mol. The first-order valence-electron chi connectivity index (χ1n) is 8.87. The van der Waals surface area contributed by atoms with E-state index in [1.54, 1.807) is 23.1 Å². The number of hydrogen-bond donors (Lipinski definition) is 1. The fourth-order valence-electron chi connectivity index (χ4n) is 2.86. The van der Waals surface area contributed by atoms with Crippen LogP contribution in [-0.2, 0) is 9.53 Å². The van der Waals surface area contributed by atoms with Gasteiger partial charge in [0.2, 0.25) is 5.91 Å². The summed E-state index contributed by atoms with van der Waals surface area (Å²) in [6.07, 6.45) is 2.76. The van der Waals surface area contributed by atoms with Gasteiger partial charge in [0.1, 0.15) is 5.60 Å². The van der Waals surface area contributed by atoms with Crippen molar-refractivity contribution in [2.45, 2.75) is 52.1 Å². The topological polar surface area (TPSA) is 58.6 Å². The molecule has 1 heterocycles. The number of nitrogens with one attached hydrogen (secondary N) is 1. The molecule has 26 heavy (non-hydrogen) atoms. The minimum absolute atomic E-state index is 0.0436. The van der Waals surface area contributed by atoms with Crippen LogP contribution in [0.25, 0.3) is 0 Å². The Morgan fingerprint density at radius 2 is 1.85 bits per heavy atom. The van der Waals surface area contributed by atoms with Gasteiger partial charge in [0.25, 0.3) is 0 Å². The van der Waals surface area contributed by atoms with Crippen LogP contribution in [-0.4, -0.2) is 35.6 Å². The van der Waals surface area contributed by atoms with Crippen LogP contribution >= 0.6 is 23.2 Å². The van der Waals surface area contributed by atoms with E-state index in [0.29, 0.717) is 41.2 Å². The number of likely N-dealkylation sites (tertiary alicyclic amines) is 1. The first-order chi connectivity index (χ1) is 12.1. The minimum Gasteiger partial charge on any atom is -0.444 e. The maximum absolute atomic E-state index is 12.1. The molecule has 5 nitrogen and oxygen atoms in total. The Bertz CT molecular complexity index is 651. The average molecular weight is 401 g/mol. The lowest BCUT2D eigenvalue weighted by Gasteiger charge is -2.33. The van der Waals surface area contributed by atoms with Crippen molar-refractivity contribution in [3.05, 3.63) is 28.2 Å². The van der Waals surface area contributed by atoms with Crippen molar-refractivity contribution in [3.8, 4) is 0 Å². The Morgan fingerprint density at radius 1 is 1.19 bits per heavy atom. The molecule has 0 saturated carbocycles. The van der Waals surface area contributed by atoms with Gasteiger partial charge < -0.3 is 15.0 Å². The largest absolute Gasteiger partial charge is 0.444 e. The van der Waals surface area contributed by atoms with Crippen LogP contribution in [0.5, 0.6) is 0 Å². The van der Waals surface area contributed by atoms with Gasteiger partial charge in [-0.1, -0.05) is 23.2 Å². The molecule has 1 saturated heterocycles. The number of carbonyl (C=O) groups is 2. The third kappa shape index (κ3) is 6.69. The molecule has 0 aromatic heterocycles. The summed E-state index contributed by atoms with van der Waals surface area (Å²) in [5.74, 6) is 0.395. The number of nitrogens with zero attached hydrogens (tertiary/aromatic N) is 1. The van der Waals surface area contributed by atoms with E-state index in [9.17, 15) is 9.59 Å². The van der Waals surface area contributed by atoms with E-state index in [2.05, 4.69) is 5.32 Å². The van der Waals surface area contributed by atoms with Gasteiger partial charge in [-0.25, -0.2) is 4.79 Å². The molecule has 1 aromatic carbocycles. The fourth-order valence-corrected chi connectivity index (χ4v) is 3.16. The quantitative estimate of drug-likeness (QED) is 0.739. The van der Waals surface area contributed by atoms with Crippen LogP contribution in [0.2, 0.25) is 10.0 Å². The fraction of sp³-hybridized carbons (Fsp3) is 0.579. The number of amides is 2. The lowest BCUT2D eigenvalue weighted by molar-refractivity contribution is -0.116. The number of rotatable bonds is 4. The summed E-state index contributed by atoms with van der Waals surface area (Å²) in [4.78, 5) is 25.9. The second-order valence-electron chi connectivity index (χ2n) is 7.63. The SMILES string of the molecule is CC(C)(C)OC(=O)N1CCC(CCC(=O)Nc2ccc(Cl)c(Cl)c2)CC1. The van der Waals surface area contributed by atoms with Gasteiger partial charge in [-0.15, -0.1) is 0 Å². The van der Waals surface area contributed by atoms with Crippen molar-refractivity contribution in [1.82, 2.24) is 4.90 Å². The van der Waals surface area contributed by atoms with Crippen LogP contribution in [0.15, 0.2) is 18.2 Å². The summed E-state index contributed by atoms with van der Waals surface area (Å²) in [6, 6.07) is 5.03. The van der Waals surface area contributed by atoms with E-state index in [1.165, 1.54) is 0 Å². The van der Waals surface area contributed by atoms with Crippen LogP contribution in [0.4, 0.5) is 10.5 Å². The van der Waals surface area contributed by atoms with Gasteiger partial charge in [0.15, 0.2) is 0 Å². The van der Waals surface area contributed by atoms with E-state index < -0.39 is 5.60 Å². The van der Waals surface area contributed by atoms with Gasteiger partial charge in [-0.3, -0.25) is 4.79 Å². The number of benzene rings is 1. The summed E-state index contributed by atoms with van der Waals surface area (Å²) in [5.41, 5.74) is 0.167. The molecular formula is C19H26Cl2N2O3. The number of halogens is 2. The zero-order chi connectivity index (χ0) is 19.3. The third-order valence-corrected chi connectivity index (χ3v) is 4.99. The zero-order valence-corrected chi connectivity index (χ0v) is 17.0. The van der Waals surface area contributed by atoms with Crippen molar-refractivity contribution >= 4 is 40.9 Å². The first-order valence-corrected chi connectivity index (χ1v) is 9.62. The van der Waals surface area contributed by atoms with Crippen LogP contribution in [0.1, 0.15) is 46.5 Å². The standard InChI is InChI=1S/C19H26Cl2N2O3/c1-19(2,3)26-18(25)23-10-8-13(9-11-23)4-7-17(24)22-14-5-6-15(20)16(21)12-14/h5-6,12-13H,4,7-11H2,1-3H3,(H,22,24). The number of anilines is 1. The molecule has 0 atom stereocenters. The van der Waals surface area contributed by atoms with E-state index in [4.69, 9.17) is 27.9 Å². The van der Waals surface area contributed by atoms with Crippen LogP contribution in [0, 0.1) is 5.92 Å². The average Bonchev–Trinajstić information content (AvgIpc) is 2.55. The Labute approximate surface area is 165 Å². The Hall–Kier alpha value is -1.46. The van der Waals surface area contributed by atoms with E-state index in [1.807, 2.05) is 20.8 Å². The van der Waals surface area contributed by atoms with Gasteiger partial charge in [0.05, 0.1) is 10.0 Å². The highest BCUT2D eigenvalue weighted by Gasteiger charge is 2.26. The lowest BCUT2D eigenvalue weighted by Crippen LogP contribution is -2.41. The first kappa shape index (κ1) is 20.8. The predicted molar refractivity (Wildman–Crippen MR) is 105 cm³/mol. The van der Waals surface area contributed by atoms with Crippen molar-refractivity contribution in [3.63, 3.8) is 0 Å². The molecule has 1 aromatic rings. The Balaban J connectivity index is 1.71. The number of hydrogen-bond acceptors (Lipinski definition) is 3. The molecule has 2 rings (SSSR count). The molecule has 144 valence electrons. The molecule has 1 aliphatic heterocycles. The van der Waals surface area contributed by atoms with Gasteiger partial charge in [-0.05, 0) is 64.2 Å². The van der Waals surface area contributed by atoms with Crippen molar-refractivity contribution in [2.24, 2.45) is 5.92 Å². The smallest absolute Gasteiger partial charge is 0.410 e. The molecule has 0 unspecified atom stereocenters. The third-order valence-electron chi connectivity index (χ3n) is 4.25. The van der Waals surface area contributed by atoms with Gasteiger partial charge in [0, 0.05) is 25.2 Å². The number of carbonyl (C=O) groups excluding carboxylic acids is 2. The summed E-state index contributed by atoms with van der Waals surface area (Å²) in [5, 5.41) is 3.71. The van der Waals surface area contributed by atoms with Crippen LogP contribution in [0.3, 0.4) is 0 Å². The van der Waals surface area contributed by atoms with E-state index in [-0.39, 0.29) is 12.0 Å². The second-order valence-corrected chi connectivity index (χ2v) is 8.44. The Kier molecular flexibility index (Phi) is 7.18. The van der Waals surface area contributed by atoms with Crippen molar-refractivity contribution in [2.75, 3.05) is 18.4 Å². The maximum Gasteiger partial charge on any atom is 0.410 e. The molecule has 1 fully saturated rings. The number of ether oxygens (including phenoxy) is 1.